The Balaban J connectivity index is 6.10. The highest BCUT2D eigenvalue weighted by molar-refractivity contribution is 6.89. The van der Waals surface area contributed by atoms with Crippen LogP contribution in [0, 0.1) is 0 Å². The van der Waals surface area contributed by atoms with Crippen molar-refractivity contribution >= 4 is 75.6 Å². The Bertz CT molecular complexity index is 961. The van der Waals surface area contributed by atoms with Crippen LogP contribution in [-0.2, 0) is 38.9 Å². The fourth-order valence-electron chi connectivity index (χ4n) is 7.08. The summed E-state index contributed by atoms with van der Waals surface area (Å²) in [5, 5.41) is 21.5. The first-order valence-corrected chi connectivity index (χ1v) is 48.7. The molecular formula is C35H90O11Si9. The summed E-state index contributed by atoms with van der Waals surface area (Å²) in [6.07, 6.45) is 0.128. The van der Waals surface area contributed by atoms with E-state index in [4.69, 9.17) is 38.9 Å². The molecule has 0 aromatic rings. The highest BCUT2D eigenvalue weighted by atomic mass is 28.5. The molecule has 0 radical (unpaired) electrons. The summed E-state index contributed by atoms with van der Waals surface area (Å²) in [6, 6.07) is 2.38. The summed E-state index contributed by atoms with van der Waals surface area (Å²) in [6.45, 7) is 47.0. The van der Waals surface area contributed by atoms with E-state index in [0.29, 0.717) is 19.8 Å². The summed E-state index contributed by atoms with van der Waals surface area (Å²) in [5.41, 5.74) is 0. The molecule has 0 heterocycles. The molecule has 20 heteroatoms. The van der Waals surface area contributed by atoms with Crippen molar-refractivity contribution in [3.05, 3.63) is 0 Å². The minimum absolute atomic E-state index is 0.265. The number of ether oxygens (including phenoxy) is 3. The van der Waals surface area contributed by atoms with Gasteiger partial charge in [-0.1, -0.05) is 0 Å². The van der Waals surface area contributed by atoms with Gasteiger partial charge in [0, 0.05) is 19.8 Å². The third-order valence-electron chi connectivity index (χ3n) is 7.53. The Morgan fingerprint density at radius 2 is 0.527 bits per heavy atom. The molecular weight excluding hydrogens is 849 g/mol. The first kappa shape index (κ1) is 56.5. The molecule has 2 unspecified atom stereocenters. The minimum atomic E-state index is -2.47. The number of aliphatic hydroxyl groups is 2. The van der Waals surface area contributed by atoms with Crippen molar-refractivity contribution in [1.82, 2.24) is 0 Å². The van der Waals surface area contributed by atoms with Gasteiger partial charge in [-0.3, -0.25) is 0 Å². The molecule has 0 aliphatic carbocycles. The zero-order valence-electron chi connectivity index (χ0n) is 39.6. The topological polar surface area (TPSA) is 124 Å². The van der Waals surface area contributed by atoms with Crippen LogP contribution >= 0.6 is 0 Å². The van der Waals surface area contributed by atoms with Gasteiger partial charge < -0.3 is 49.1 Å². The monoisotopic (exact) mass is 938 g/mol. The molecule has 55 heavy (non-hydrogen) atoms. The van der Waals surface area contributed by atoms with Gasteiger partial charge in [0.15, 0.2) is 49.9 Å². The normalized spacial score (nSPS) is 16.4. The second-order valence-corrected chi connectivity index (χ2v) is 60.1. The second-order valence-electron chi connectivity index (χ2n) is 21.5. The van der Waals surface area contributed by atoms with E-state index in [1.165, 1.54) is 0 Å². The Kier molecular flexibility index (Phi) is 23.7. The van der Waals surface area contributed by atoms with Crippen molar-refractivity contribution in [2.75, 3.05) is 33.0 Å². The number of hydrogen-bond donors (Lipinski definition) is 2. The Morgan fingerprint density at radius 1 is 0.327 bits per heavy atom. The molecule has 0 spiro atoms. The molecule has 0 amide bonds. The lowest BCUT2D eigenvalue weighted by Gasteiger charge is -2.39. The summed E-state index contributed by atoms with van der Waals surface area (Å²) in [5.74, 6) is 0. The van der Waals surface area contributed by atoms with Crippen LogP contribution in [-0.4, -0.2) is 137 Å². The van der Waals surface area contributed by atoms with Gasteiger partial charge in [0.25, 0.3) is 0 Å². The van der Waals surface area contributed by atoms with Gasteiger partial charge in [-0.15, -0.1) is 0 Å². The van der Waals surface area contributed by atoms with Gasteiger partial charge in [-0.2, -0.15) is 0 Å². The Hall–Kier alpha value is 1.51. The first-order chi connectivity index (χ1) is 24.4. The van der Waals surface area contributed by atoms with Gasteiger partial charge in [-0.25, -0.2) is 0 Å². The molecule has 0 saturated carbocycles. The van der Waals surface area contributed by atoms with E-state index in [1.807, 2.05) is 0 Å². The zero-order valence-corrected chi connectivity index (χ0v) is 48.6. The Labute approximate surface area is 349 Å². The summed E-state index contributed by atoms with van der Waals surface area (Å²) in [4.78, 5) is 0. The van der Waals surface area contributed by atoms with Gasteiger partial charge in [-0.05, 0) is 175 Å². The third kappa shape index (κ3) is 29.4. The second kappa shape index (κ2) is 23.1. The maximum absolute atomic E-state index is 10.7. The zero-order chi connectivity index (χ0) is 43.4. The maximum atomic E-state index is 10.7. The average molecular weight is 940 g/mol. The summed E-state index contributed by atoms with van der Waals surface area (Å²) >= 11 is 0. The van der Waals surface area contributed by atoms with E-state index in [9.17, 15) is 10.2 Å². The standard InChI is InChI=1S/C35H90O11Si9/c1-47(2,3)41-53(19,42-48(4,5)6)28-22-25-38-33(31-36)35(40-27-24-30-55(21,45-51(13,14)15)46-52(16,17)18)34(32-37)39-26-23-29-54(20,43-49(7,8)9)44-50(10,11)12/h33-37H,22-32H2,1-21H3. The third-order valence-corrected chi connectivity index (χ3v) is 36.4. The first-order valence-electron chi connectivity index (χ1n) is 20.7. The lowest BCUT2D eigenvalue weighted by molar-refractivity contribution is -0.159. The predicted molar refractivity (Wildman–Crippen MR) is 253 cm³/mol. The van der Waals surface area contributed by atoms with E-state index in [0.717, 1.165) is 37.4 Å². The molecule has 0 aromatic carbocycles. The van der Waals surface area contributed by atoms with Crippen LogP contribution in [0.2, 0.25) is 156 Å². The van der Waals surface area contributed by atoms with Gasteiger partial charge in [0.2, 0.25) is 0 Å². The SMILES string of the molecule is C[Si](C)(C)O[Si](C)(CCCOC(CO)C(OCCC[Si](C)(O[Si](C)(C)C)O[Si](C)(C)C)C(CO)OCCC[Si](C)(O[Si](C)(C)C)O[Si](C)(C)C)O[Si](C)(C)C. The van der Waals surface area contributed by atoms with Crippen LogP contribution in [0.3, 0.4) is 0 Å². The van der Waals surface area contributed by atoms with Crippen LogP contribution in [0.1, 0.15) is 19.3 Å². The van der Waals surface area contributed by atoms with Crippen molar-refractivity contribution in [3.8, 4) is 0 Å². The van der Waals surface area contributed by atoms with Gasteiger partial charge in [0.05, 0.1) is 13.2 Å². The molecule has 11 nitrogen and oxygen atoms in total. The molecule has 0 aliphatic rings. The van der Waals surface area contributed by atoms with Crippen LogP contribution < -0.4 is 0 Å². The molecule has 0 rings (SSSR count). The van der Waals surface area contributed by atoms with Crippen molar-refractivity contribution in [2.45, 2.75) is 193 Å². The molecule has 2 N–H and O–H groups in total. The molecule has 2 atom stereocenters. The number of rotatable bonds is 31. The van der Waals surface area contributed by atoms with Crippen LogP contribution in [0.25, 0.3) is 0 Å². The summed E-state index contributed by atoms with van der Waals surface area (Å²) < 4.78 is 59.7. The van der Waals surface area contributed by atoms with E-state index >= 15 is 0 Å². The van der Waals surface area contributed by atoms with Crippen LogP contribution in [0.5, 0.6) is 0 Å². The smallest absolute Gasteiger partial charge is 0.314 e. The number of aliphatic hydroxyl groups excluding tert-OH is 2. The fourth-order valence-corrected chi connectivity index (χ4v) is 44.6. The predicted octanol–water partition coefficient (Wildman–Crippen LogP) is 9.62. The molecule has 0 aromatic heterocycles. The van der Waals surface area contributed by atoms with Crippen molar-refractivity contribution in [2.24, 2.45) is 0 Å². The highest BCUT2D eigenvalue weighted by Crippen LogP contribution is 2.29. The minimum Gasteiger partial charge on any atom is -0.437 e. The van der Waals surface area contributed by atoms with Crippen LogP contribution in [0.15, 0.2) is 0 Å². The quantitative estimate of drug-likeness (QED) is 0.0511. The van der Waals surface area contributed by atoms with E-state index in [-0.39, 0.29) is 13.2 Å². The van der Waals surface area contributed by atoms with Crippen molar-refractivity contribution in [3.63, 3.8) is 0 Å². The van der Waals surface area contributed by atoms with Gasteiger partial charge in [0.1, 0.15) is 18.3 Å². The van der Waals surface area contributed by atoms with Gasteiger partial charge >= 0.3 is 25.7 Å². The Morgan fingerprint density at radius 3 is 0.709 bits per heavy atom. The van der Waals surface area contributed by atoms with E-state index < -0.39 is 93.9 Å². The lowest BCUT2D eigenvalue weighted by atomic mass is 10.1. The van der Waals surface area contributed by atoms with Crippen LogP contribution in [0.4, 0.5) is 0 Å². The van der Waals surface area contributed by atoms with Crippen molar-refractivity contribution < 1.29 is 49.1 Å². The summed E-state index contributed by atoms with van der Waals surface area (Å²) in [7, 11) is -18.4. The van der Waals surface area contributed by atoms with E-state index in [1.54, 1.807) is 0 Å². The average Bonchev–Trinajstić information content (AvgIpc) is 2.87. The molecule has 0 saturated heterocycles. The largest absolute Gasteiger partial charge is 0.437 e. The highest BCUT2D eigenvalue weighted by Gasteiger charge is 2.43. The molecule has 0 bridgehead atoms. The lowest BCUT2D eigenvalue weighted by Crippen LogP contribution is -2.53. The fraction of sp³-hybridized carbons (Fsp3) is 1.00. The number of hydrogen-bond acceptors (Lipinski definition) is 11. The maximum Gasteiger partial charge on any atom is 0.314 e. The molecule has 0 fully saturated rings. The molecule has 332 valence electrons. The van der Waals surface area contributed by atoms with E-state index in [2.05, 4.69) is 137 Å². The molecule has 0 aliphatic heterocycles. The van der Waals surface area contributed by atoms with Crippen molar-refractivity contribution in [1.29, 1.82) is 0 Å².